The Kier molecular flexibility index (Phi) is 4.70. The summed E-state index contributed by atoms with van der Waals surface area (Å²) in [5, 5.41) is 0. The van der Waals surface area contributed by atoms with Crippen molar-refractivity contribution in [2.45, 2.75) is 44.2 Å². The van der Waals surface area contributed by atoms with Gasteiger partial charge in [-0.05, 0) is 38.3 Å². The van der Waals surface area contributed by atoms with E-state index in [2.05, 4.69) is 0 Å². The van der Waals surface area contributed by atoms with Crippen LogP contribution in [0, 0.1) is 0 Å². The molecule has 2 fully saturated rings. The fourth-order valence-electron chi connectivity index (χ4n) is 4.38. The van der Waals surface area contributed by atoms with Crippen LogP contribution in [0.1, 0.15) is 38.3 Å². The molecule has 0 spiro atoms. The van der Waals surface area contributed by atoms with Crippen LogP contribution in [-0.4, -0.2) is 47.9 Å². The van der Waals surface area contributed by atoms with Crippen LogP contribution in [0.3, 0.4) is 0 Å². The summed E-state index contributed by atoms with van der Waals surface area (Å²) in [5.74, 6) is 0. The average molecular weight is 415 g/mol. The second kappa shape index (κ2) is 6.85. The zero-order valence-corrected chi connectivity index (χ0v) is 17.7. The lowest BCUT2D eigenvalue weighted by atomic mass is 9.73. The highest BCUT2D eigenvalue weighted by Gasteiger charge is 2.58. The number of nitrogens with zero attached hydrogens (tertiary/aromatic N) is 2. The molecule has 2 heterocycles. The number of fused-ring (bicyclic) bond motifs is 1. The zero-order valence-electron chi connectivity index (χ0n) is 16.9. The largest absolute Gasteiger partial charge is 0.443 e. The lowest BCUT2D eigenvalue weighted by Crippen LogP contribution is -2.43. The van der Waals surface area contributed by atoms with Gasteiger partial charge in [-0.15, -0.1) is 0 Å². The predicted octanol–water partition coefficient (Wildman–Crippen LogP) is 3.54. The van der Waals surface area contributed by atoms with E-state index >= 15 is 0 Å². The number of carbonyl (C=O) groups excluding carboxylic acids is 1. The number of hydrogen-bond donors (Lipinski definition) is 0. The molecule has 1 atom stereocenters. The van der Waals surface area contributed by atoms with E-state index in [1.165, 1.54) is 4.31 Å². The fraction of sp³-hybridized carbons (Fsp3) is 0.409. The van der Waals surface area contributed by atoms with Gasteiger partial charge in [0.05, 0.1) is 6.54 Å². The minimum Gasteiger partial charge on any atom is -0.443 e. The van der Waals surface area contributed by atoms with Gasteiger partial charge in [-0.3, -0.25) is 0 Å². The Bertz CT molecular complexity index is 961. The normalized spacial score (nSPS) is 23.0. The minimum absolute atomic E-state index is 0.110. The summed E-state index contributed by atoms with van der Waals surface area (Å²) in [4.78, 5) is 12.5. The van der Waals surface area contributed by atoms with Gasteiger partial charge < -0.3 is 4.74 Å². The fourth-order valence-corrected chi connectivity index (χ4v) is 6.12. The molecule has 154 valence electrons. The van der Waals surface area contributed by atoms with Crippen molar-refractivity contribution in [2.24, 2.45) is 0 Å². The number of carbonyl (C=O) groups is 1. The van der Waals surface area contributed by atoms with Crippen LogP contribution >= 0.6 is 0 Å². The van der Waals surface area contributed by atoms with Gasteiger partial charge in [-0.25, -0.2) is 4.79 Å². The lowest BCUT2D eigenvalue weighted by molar-refractivity contribution is 0.0397. The van der Waals surface area contributed by atoms with Crippen molar-refractivity contribution in [3.05, 3.63) is 71.8 Å². The molecule has 0 radical (unpaired) electrons. The molecule has 0 aromatic heterocycles. The van der Waals surface area contributed by atoms with Gasteiger partial charge in [0.1, 0.15) is 5.60 Å². The molecule has 0 aliphatic carbocycles. The highest BCUT2D eigenvalue weighted by atomic mass is 32.2. The Morgan fingerprint density at radius 1 is 1.00 bits per heavy atom. The Morgan fingerprint density at radius 2 is 1.52 bits per heavy atom. The maximum atomic E-state index is 13.2. The van der Waals surface area contributed by atoms with Crippen LogP contribution in [0.4, 0.5) is 4.79 Å². The predicted molar refractivity (Wildman–Crippen MR) is 111 cm³/mol. The molecule has 1 amide bonds. The van der Waals surface area contributed by atoms with E-state index < -0.39 is 27.3 Å². The van der Waals surface area contributed by atoms with Gasteiger partial charge in [-0.1, -0.05) is 60.7 Å². The minimum atomic E-state index is -3.93. The first-order chi connectivity index (χ1) is 13.6. The number of hydrogen-bond acceptors (Lipinski definition) is 4. The number of amides is 1. The molecule has 29 heavy (non-hydrogen) atoms. The maximum absolute atomic E-state index is 13.2. The van der Waals surface area contributed by atoms with E-state index in [9.17, 15) is 13.2 Å². The van der Waals surface area contributed by atoms with Crippen molar-refractivity contribution >= 4 is 16.3 Å². The van der Waals surface area contributed by atoms with Crippen molar-refractivity contribution in [2.75, 3.05) is 13.1 Å². The first kappa shape index (κ1) is 19.9. The molecule has 2 aromatic rings. The van der Waals surface area contributed by atoms with Crippen molar-refractivity contribution in [3.63, 3.8) is 0 Å². The standard InChI is InChI=1S/C22H26N2O4S/c1-21(2,3)28-20(25)23-15-19-14-22(16-24(19)29(23,26)27,17-10-6-4-7-11-17)18-12-8-5-9-13-18/h4-13,19H,14-16H2,1-3H3/t19-/m0/s1. The van der Waals surface area contributed by atoms with E-state index in [1.54, 1.807) is 20.8 Å². The Labute approximate surface area is 172 Å². The van der Waals surface area contributed by atoms with E-state index in [1.807, 2.05) is 60.7 Å². The van der Waals surface area contributed by atoms with Crippen molar-refractivity contribution in [1.82, 2.24) is 8.61 Å². The van der Waals surface area contributed by atoms with Gasteiger partial charge in [0.15, 0.2) is 0 Å². The van der Waals surface area contributed by atoms with Gasteiger partial charge in [-0.2, -0.15) is 17.0 Å². The molecule has 0 unspecified atom stereocenters. The third-order valence-electron chi connectivity index (χ3n) is 5.62. The van der Waals surface area contributed by atoms with Crippen LogP contribution in [0.25, 0.3) is 0 Å². The van der Waals surface area contributed by atoms with Crippen LogP contribution in [0.15, 0.2) is 60.7 Å². The summed E-state index contributed by atoms with van der Waals surface area (Å²) in [5.41, 5.74) is 0.969. The molecule has 2 saturated heterocycles. The molecule has 2 aliphatic rings. The Balaban J connectivity index is 1.70. The second-order valence-corrected chi connectivity index (χ2v) is 10.5. The van der Waals surface area contributed by atoms with Crippen LogP contribution in [-0.2, 0) is 20.4 Å². The average Bonchev–Trinajstić information content (AvgIpc) is 3.17. The second-order valence-electron chi connectivity index (χ2n) is 8.74. The smallest absolute Gasteiger partial charge is 0.425 e. The van der Waals surface area contributed by atoms with Crippen LogP contribution in [0.2, 0.25) is 0 Å². The lowest BCUT2D eigenvalue weighted by Gasteiger charge is -2.32. The van der Waals surface area contributed by atoms with Crippen LogP contribution in [0.5, 0.6) is 0 Å². The highest BCUT2D eigenvalue weighted by Crippen LogP contribution is 2.47. The highest BCUT2D eigenvalue weighted by molar-refractivity contribution is 7.87. The molecular weight excluding hydrogens is 388 g/mol. The molecule has 6 nitrogen and oxygen atoms in total. The van der Waals surface area contributed by atoms with Gasteiger partial charge >= 0.3 is 16.3 Å². The van der Waals surface area contributed by atoms with Gasteiger partial charge in [0.2, 0.25) is 0 Å². The molecule has 2 aliphatic heterocycles. The van der Waals surface area contributed by atoms with Crippen molar-refractivity contribution in [3.8, 4) is 0 Å². The van der Waals surface area contributed by atoms with E-state index in [4.69, 9.17) is 4.74 Å². The third-order valence-corrected chi connectivity index (χ3v) is 7.49. The number of rotatable bonds is 2. The molecular formula is C22H26N2O4S. The van der Waals surface area contributed by atoms with Crippen molar-refractivity contribution in [1.29, 1.82) is 0 Å². The summed E-state index contributed by atoms with van der Waals surface area (Å²) >= 11 is 0. The first-order valence-electron chi connectivity index (χ1n) is 9.77. The SMILES string of the molecule is CC(C)(C)OC(=O)N1C[C@@H]2CC(c3ccccc3)(c3ccccc3)CN2S1(=O)=O. The van der Waals surface area contributed by atoms with Gasteiger partial charge in [0.25, 0.3) is 0 Å². The van der Waals surface area contributed by atoms with Crippen LogP contribution < -0.4 is 0 Å². The number of benzene rings is 2. The van der Waals surface area contributed by atoms with E-state index in [-0.39, 0.29) is 12.6 Å². The van der Waals surface area contributed by atoms with Gasteiger partial charge in [0, 0.05) is 18.0 Å². The summed E-state index contributed by atoms with van der Waals surface area (Å²) in [6.07, 6.45) is -0.198. The topological polar surface area (TPSA) is 66.9 Å². The summed E-state index contributed by atoms with van der Waals surface area (Å²) < 4.78 is 34.1. The third kappa shape index (κ3) is 3.42. The molecule has 7 heteroatoms. The molecule has 0 N–H and O–H groups in total. The molecule has 2 aromatic carbocycles. The molecule has 0 saturated carbocycles. The summed E-state index contributed by atoms with van der Waals surface area (Å²) in [6, 6.07) is 19.7. The molecule has 0 bridgehead atoms. The van der Waals surface area contributed by atoms with E-state index in [0.29, 0.717) is 13.0 Å². The number of ether oxygens (including phenoxy) is 1. The monoisotopic (exact) mass is 414 g/mol. The summed E-state index contributed by atoms with van der Waals surface area (Å²) in [7, 11) is -3.93. The Morgan fingerprint density at radius 3 is 1.97 bits per heavy atom. The van der Waals surface area contributed by atoms with E-state index in [0.717, 1.165) is 15.4 Å². The summed E-state index contributed by atoms with van der Waals surface area (Å²) in [6.45, 7) is 5.59. The van der Waals surface area contributed by atoms with Crippen molar-refractivity contribution < 1.29 is 17.9 Å². The maximum Gasteiger partial charge on any atom is 0.425 e. The molecule has 4 rings (SSSR count). The Hall–Kier alpha value is -2.38. The first-order valence-corrected chi connectivity index (χ1v) is 11.2. The quantitative estimate of drug-likeness (QED) is 0.754. The zero-order chi connectivity index (χ0) is 20.9.